The smallest absolute Gasteiger partial charge is 0.253 e. The van der Waals surface area contributed by atoms with E-state index in [9.17, 15) is 4.79 Å². The first-order chi connectivity index (χ1) is 6.86. The maximum Gasteiger partial charge on any atom is 0.253 e. The number of rotatable bonds is 2. The molecule has 0 saturated carbocycles. The van der Waals surface area contributed by atoms with Crippen molar-refractivity contribution in [2.24, 2.45) is 0 Å². The molecule has 4 nitrogen and oxygen atoms in total. The number of hydrogen-bond donors (Lipinski definition) is 0. The zero-order valence-electron chi connectivity index (χ0n) is 7.50. The summed E-state index contributed by atoms with van der Waals surface area (Å²) in [5, 5.41) is 0. The van der Waals surface area contributed by atoms with Gasteiger partial charge in [-0.05, 0) is 11.6 Å². The van der Waals surface area contributed by atoms with Gasteiger partial charge in [0.2, 0.25) is 0 Å². The summed E-state index contributed by atoms with van der Waals surface area (Å²) in [5.74, 6) is 0. The molecular formula is C10H9N3O. The summed E-state index contributed by atoms with van der Waals surface area (Å²) in [6.07, 6.45) is 6.45. The molecule has 0 bridgehead atoms. The molecule has 2 heterocycles. The lowest BCUT2D eigenvalue weighted by Gasteiger charge is -2.02. The van der Waals surface area contributed by atoms with Gasteiger partial charge in [0.05, 0.1) is 12.9 Å². The van der Waals surface area contributed by atoms with E-state index < -0.39 is 0 Å². The van der Waals surface area contributed by atoms with Gasteiger partial charge in [0.15, 0.2) is 0 Å². The first-order valence-corrected chi connectivity index (χ1v) is 4.25. The van der Waals surface area contributed by atoms with Crippen molar-refractivity contribution in [3.8, 4) is 0 Å². The largest absolute Gasteiger partial charge is 0.295 e. The molecule has 0 aliphatic rings. The molecule has 0 amide bonds. The third-order valence-electron chi connectivity index (χ3n) is 1.87. The van der Waals surface area contributed by atoms with Crippen LogP contribution in [0.25, 0.3) is 0 Å². The van der Waals surface area contributed by atoms with Crippen LogP contribution in [-0.2, 0) is 6.54 Å². The minimum absolute atomic E-state index is 0.0520. The molecular weight excluding hydrogens is 178 g/mol. The van der Waals surface area contributed by atoms with Crippen LogP contribution in [0.4, 0.5) is 0 Å². The van der Waals surface area contributed by atoms with Crippen LogP contribution in [0, 0.1) is 0 Å². The highest BCUT2D eigenvalue weighted by Gasteiger charge is 1.95. The molecule has 2 aromatic heterocycles. The van der Waals surface area contributed by atoms with Gasteiger partial charge in [-0.2, -0.15) is 0 Å². The summed E-state index contributed by atoms with van der Waals surface area (Å²) in [5.41, 5.74) is 0.937. The van der Waals surface area contributed by atoms with Crippen molar-refractivity contribution in [1.82, 2.24) is 14.5 Å². The Bertz CT molecular complexity index is 464. The molecule has 4 heteroatoms. The van der Waals surface area contributed by atoms with Gasteiger partial charge in [0.25, 0.3) is 5.56 Å². The first-order valence-electron chi connectivity index (χ1n) is 4.25. The zero-order chi connectivity index (χ0) is 9.80. The zero-order valence-corrected chi connectivity index (χ0v) is 7.50. The van der Waals surface area contributed by atoms with Gasteiger partial charge in [0, 0.05) is 24.7 Å². The molecule has 0 unspecified atom stereocenters. The van der Waals surface area contributed by atoms with Crippen molar-refractivity contribution in [3.05, 3.63) is 59.0 Å². The third kappa shape index (κ3) is 1.85. The van der Waals surface area contributed by atoms with Crippen molar-refractivity contribution in [2.45, 2.75) is 6.54 Å². The molecule has 2 rings (SSSR count). The van der Waals surface area contributed by atoms with E-state index in [0.29, 0.717) is 6.54 Å². The predicted octanol–water partition coefficient (Wildman–Crippen LogP) is 0.687. The molecule has 0 radical (unpaired) electrons. The topological polar surface area (TPSA) is 47.8 Å². The van der Waals surface area contributed by atoms with E-state index in [1.807, 2.05) is 12.1 Å². The standard InChI is InChI=1S/C10H9N3O/c14-10-3-5-12-8-13(10)7-9-2-1-4-11-6-9/h1-6,8H,7H2. The molecule has 0 aromatic carbocycles. The molecule has 0 fully saturated rings. The summed E-state index contributed by atoms with van der Waals surface area (Å²) in [6.45, 7) is 0.514. The summed E-state index contributed by atoms with van der Waals surface area (Å²) in [4.78, 5) is 19.2. The van der Waals surface area contributed by atoms with Crippen LogP contribution in [0.5, 0.6) is 0 Å². The van der Waals surface area contributed by atoms with Gasteiger partial charge in [-0.25, -0.2) is 4.98 Å². The highest BCUT2D eigenvalue weighted by Crippen LogP contribution is 1.96. The van der Waals surface area contributed by atoms with E-state index in [2.05, 4.69) is 9.97 Å². The van der Waals surface area contributed by atoms with Crippen LogP contribution in [0.15, 0.2) is 47.9 Å². The van der Waals surface area contributed by atoms with Crippen LogP contribution >= 0.6 is 0 Å². The summed E-state index contributed by atoms with van der Waals surface area (Å²) >= 11 is 0. The SMILES string of the molecule is O=c1ccncn1Cc1cccnc1. The normalized spacial score (nSPS) is 10.0. The number of nitrogens with zero attached hydrogens (tertiary/aromatic N) is 3. The van der Waals surface area contributed by atoms with Gasteiger partial charge in [-0.3, -0.25) is 14.3 Å². The van der Waals surface area contributed by atoms with Crippen molar-refractivity contribution < 1.29 is 0 Å². The van der Waals surface area contributed by atoms with Gasteiger partial charge in [-0.15, -0.1) is 0 Å². The van der Waals surface area contributed by atoms with Crippen molar-refractivity contribution in [2.75, 3.05) is 0 Å². The first kappa shape index (κ1) is 8.62. The Kier molecular flexibility index (Phi) is 2.36. The molecule has 70 valence electrons. The van der Waals surface area contributed by atoms with Crippen LogP contribution in [-0.4, -0.2) is 14.5 Å². The quantitative estimate of drug-likeness (QED) is 0.694. The minimum atomic E-state index is -0.0520. The average molecular weight is 187 g/mol. The second kappa shape index (κ2) is 3.83. The highest BCUT2D eigenvalue weighted by atomic mass is 16.1. The van der Waals surface area contributed by atoms with Crippen LogP contribution in [0.3, 0.4) is 0 Å². The number of hydrogen-bond acceptors (Lipinski definition) is 3. The molecule has 0 spiro atoms. The van der Waals surface area contributed by atoms with Gasteiger partial charge in [-0.1, -0.05) is 6.07 Å². The minimum Gasteiger partial charge on any atom is -0.295 e. The second-order valence-electron chi connectivity index (χ2n) is 2.91. The molecule has 0 aliphatic heterocycles. The molecule has 2 aromatic rings. The molecule has 0 N–H and O–H groups in total. The Morgan fingerprint density at radius 1 is 1.21 bits per heavy atom. The van der Waals surface area contributed by atoms with Crippen LogP contribution in [0.2, 0.25) is 0 Å². The Morgan fingerprint density at radius 2 is 2.14 bits per heavy atom. The van der Waals surface area contributed by atoms with Crippen LogP contribution in [0.1, 0.15) is 5.56 Å². The average Bonchev–Trinajstić information content (AvgIpc) is 2.23. The van der Waals surface area contributed by atoms with Crippen molar-refractivity contribution in [1.29, 1.82) is 0 Å². The lowest BCUT2D eigenvalue weighted by atomic mass is 10.3. The van der Waals surface area contributed by atoms with Crippen LogP contribution < -0.4 is 5.56 Å². The monoisotopic (exact) mass is 187 g/mol. The summed E-state index contributed by atoms with van der Waals surface area (Å²) in [6, 6.07) is 5.21. The third-order valence-corrected chi connectivity index (χ3v) is 1.87. The summed E-state index contributed by atoms with van der Waals surface area (Å²) in [7, 11) is 0. The van der Waals surface area contributed by atoms with Crippen molar-refractivity contribution in [3.63, 3.8) is 0 Å². The Balaban J connectivity index is 2.28. The number of pyridine rings is 1. The molecule has 14 heavy (non-hydrogen) atoms. The van der Waals surface area contributed by atoms with E-state index in [0.717, 1.165) is 5.56 Å². The highest BCUT2D eigenvalue weighted by molar-refractivity contribution is 5.08. The fourth-order valence-corrected chi connectivity index (χ4v) is 1.19. The maximum atomic E-state index is 11.3. The van der Waals surface area contributed by atoms with E-state index in [1.54, 1.807) is 12.4 Å². The van der Waals surface area contributed by atoms with E-state index in [-0.39, 0.29) is 5.56 Å². The van der Waals surface area contributed by atoms with Gasteiger partial charge in [0.1, 0.15) is 0 Å². The second-order valence-corrected chi connectivity index (χ2v) is 2.91. The lowest BCUT2D eigenvalue weighted by Crippen LogP contribution is -2.19. The van der Waals surface area contributed by atoms with E-state index >= 15 is 0 Å². The van der Waals surface area contributed by atoms with Gasteiger partial charge < -0.3 is 0 Å². The molecule has 0 atom stereocenters. The molecule has 0 saturated heterocycles. The van der Waals surface area contributed by atoms with E-state index in [4.69, 9.17) is 0 Å². The number of aromatic nitrogens is 3. The lowest BCUT2D eigenvalue weighted by molar-refractivity contribution is 0.733. The van der Waals surface area contributed by atoms with Gasteiger partial charge >= 0.3 is 0 Å². The fourth-order valence-electron chi connectivity index (χ4n) is 1.19. The van der Waals surface area contributed by atoms with E-state index in [1.165, 1.54) is 23.2 Å². The fraction of sp³-hybridized carbons (Fsp3) is 0.100. The maximum absolute atomic E-state index is 11.3. The van der Waals surface area contributed by atoms with Crippen molar-refractivity contribution >= 4 is 0 Å². The molecule has 0 aliphatic carbocycles. The predicted molar refractivity (Wildman–Crippen MR) is 51.8 cm³/mol. The Labute approximate surface area is 80.9 Å². The summed E-state index contributed by atoms with van der Waals surface area (Å²) < 4.78 is 1.54. The Hall–Kier alpha value is -1.97. The Morgan fingerprint density at radius 3 is 2.86 bits per heavy atom.